The lowest BCUT2D eigenvalue weighted by atomic mass is 9.88. The van der Waals surface area contributed by atoms with Crippen LogP contribution in [-0.4, -0.2) is 84.3 Å². The summed E-state index contributed by atoms with van der Waals surface area (Å²) in [5.41, 5.74) is 0.572. The third-order valence-corrected chi connectivity index (χ3v) is 14.1. The van der Waals surface area contributed by atoms with Gasteiger partial charge >= 0.3 is 6.55 Å². The van der Waals surface area contributed by atoms with E-state index in [1.807, 2.05) is 4.90 Å². The molecule has 18 heteroatoms. The lowest BCUT2D eigenvalue weighted by molar-refractivity contribution is -0.0354. The Kier molecular flexibility index (Phi) is 8.24. The average molecular weight is 751 g/mol. The second-order valence-corrected chi connectivity index (χ2v) is 16.8. The highest BCUT2D eigenvalue weighted by molar-refractivity contribution is 7.86. The number of fused-ring (bicyclic) bond motifs is 3. The van der Waals surface area contributed by atoms with E-state index in [1.165, 1.54) is 57.4 Å². The van der Waals surface area contributed by atoms with E-state index < -0.39 is 52.3 Å². The molecule has 0 radical (unpaired) electrons. The lowest BCUT2D eigenvalue weighted by Crippen LogP contribution is -2.57. The van der Waals surface area contributed by atoms with Gasteiger partial charge in [0, 0.05) is 89.3 Å². The molecule has 0 saturated carbocycles. The number of likely N-dealkylation sites (N-methyl/N-ethyl adjacent to an activating group) is 1. The van der Waals surface area contributed by atoms with Gasteiger partial charge < -0.3 is 10.0 Å². The molecule has 11 nitrogen and oxygen atoms in total. The fourth-order valence-electron chi connectivity index (χ4n) is 7.70. The highest BCUT2D eigenvalue weighted by atomic mass is 35.5. The minimum absolute atomic E-state index is 0.0969. The number of aliphatic imine (C=N–C) groups is 1. The Balaban J connectivity index is 1.19. The number of rotatable bonds is 8. The van der Waals surface area contributed by atoms with Gasteiger partial charge in [0.25, 0.3) is 10.2 Å². The van der Waals surface area contributed by atoms with E-state index in [0.29, 0.717) is 50.2 Å². The monoisotopic (exact) mass is 750 g/mol. The predicted molar refractivity (Wildman–Crippen MR) is 179 cm³/mol. The zero-order valence-electron chi connectivity index (χ0n) is 25.9. The van der Waals surface area contributed by atoms with E-state index in [-0.39, 0.29) is 36.5 Å². The number of aromatic nitrogens is 4. The Morgan fingerprint density at radius 3 is 2.47 bits per heavy atom. The molecule has 4 aliphatic heterocycles. The van der Waals surface area contributed by atoms with Crippen LogP contribution >= 0.6 is 34.3 Å². The maximum Gasteiger partial charge on any atom is 0.333 e. The molecule has 258 valence electrons. The number of aliphatic hydroxyl groups is 1. The van der Waals surface area contributed by atoms with Crippen molar-refractivity contribution in [2.75, 3.05) is 13.6 Å². The Morgan fingerprint density at radius 2 is 1.84 bits per heavy atom. The molecule has 1 aromatic carbocycles. The summed E-state index contributed by atoms with van der Waals surface area (Å²) in [6, 6.07) is 3.15. The van der Waals surface area contributed by atoms with Gasteiger partial charge in [0.2, 0.25) is 0 Å². The molecular formula is C31H30ClF3N8O3S3. The normalized spacial score (nSPS) is 27.4. The van der Waals surface area contributed by atoms with Gasteiger partial charge in [0.05, 0.1) is 5.69 Å². The number of nitrogens with zero attached hydrogens (tertiary/aromatic N) is 8. The van der Waals surface area contributed by atoms with E-state index in [0.717, 1.165) is 0 Å². The second kappa shape index (κ2) is 12.2. The van der Waals surface area contributed by atoms with Crippen LogP contribution in [0.2, 0.25) is 5.02 Å². The number of benzene rings is 1. The van der Waals surface area contributed by atoms with Crippen LogP contribution in [0.15, 0.2) is 64.3 Å². The van der Waals surface area contributed by atoms with Crippen LogP contribution in [0.5, 0.6) is 0 Å². The SMILES string of the molecule is CN([C@H]1CC2=C(c3ccn(C(F)F)n3)[C@H](c3ccc(F)cc3Cl)N=C(c3nccs3)N2C1)S(=O)(=O)N1C2CCC1CC(O)(c1nccs1)C2. The first-order valence-electron chi connectivity index (χ1n) is 15.6. The van der Waals surface area contributed by atoms with E-state index in [9.17, 15) is 26.7 Å². The van der Waals surface area contributed by atoms with Crippen LogP contribution in [0.4, 0.5) is 13.2 Å². The summed E-state index contributed by atoms with van der Waals surface area (Å²) in [5.74, 6) is -0.0803. The highest BCUT2D eigenvalue weighted by Crippen LogP contribution is 2.50. The third-order valence-electron chi connectivity index (χ3n) is 9.88. The molecule has 3 aromatic heterocycles. The summed E-state index contributed by atoms with van der Waals surface area (Å²) in [7, 11) is -2.47. The molecule has 0 spiro atoms. The number of hydrogen-bond donors (Lipinski definition) is 1. The first kappa shape index (κ1) is 33.0. The number of piperidine rings is 1. The Labute approximate surface area is 293 Å². The molecule has 8 rings (SSSR count). The van der Waals surface area contributed by atoms with Crippen molar-refractivity contribution >= 4 is 55.9 Å². The highest BCUT2D eigenvalue weighted by Gasteiger charge is 2.55. The van der Waals surface area contributed by atoms with Crippen molar-refractivity contribution in [1.29, 1.82) is 0 Å². The van der Waals surface area contributed by atoms with Crippen LogP contribution in [0.25, 0.3) is 5.57 Å². The maximum atomic E-state index is 14.5. The van der Waals surface area contributed by atoms with Gasteiger partial charge in [-0.1, -0.05) is 17.7 Å². The minimum atomic E-state index is -4.03. The predicted octanol–water partition coefficient (Wildman–Crippen LogP) is 5.66. The molecule has 4 aliphatic rings. The van der Waals surface area contributed by atoms with E-state index in [4.69, 9.17) is 16.6 Å². The number of halogens is 4. The van der Waals surface area contributed by atoms with Gasteiger partial charge in [0.1, 0.15) is 22.5 Å². The van der Waals surface area contributed by atoms with Crippen molar-refractivity contribution in [3.63, 3.8) is 0 Å². The fraction of sp³-hybridized carbons (Fsp3) is 0.419. The second-order valence-electron chi connectivity index (χ2n) is 12.7. The maximum absolute atomic E-state index is 14.5. The molecule has 7 heterocycles. The number of thiazole rings is 2. The molecule has 0 aliphatic carbocycles. The largest absolute Gasteiger partial charge is 0.383 e. The lowest BCUT2D eigenvalue weighted by Gasteiger charge is -2.43. The molecule has 3 fully saturated rings. The van der Waals surface area contributed by atoms with Crippen molar-refractivity contribution in [1.82, 2.24) is 33.3 Å². The minimum Gasteiger partial charge on any atom is -0.383 e. The Morgan fingerprint density at radius 1 is 1.10 bits per heavy atom. The van der Waals surface area contributed by atoms with Crippen LogP contribution < -0.4 is 0 Å². The van der Waals surface area contributed by atoms with Gasteiger partial charge in [-0.2, -0.15) is 30.9 Å². The average Bonchev–Trinajstić information content (AvgIpc) is 3.90. The number of hydrogen-bond acceptors (Lipinski definition) is 10. The molecule has 1 N–H and O–H groups in total. The molecule has 2 bridgehead atoms. The van der Waals surface area contributed by atoms with Crippen molar-refractivity contribution in [2.45, 2.75) is 68.4 Å². The number of alkyl halides is 2. The van der Waals surface area contributed by atoms with Crippen LogP contribution in [0.3, 0.4) is 0 Å². The standard InChI is InChI=1S/C31H30ClF3N8O3S3/c1-40(49(45,46)43-18-3-4-19(43)15-31(44,14-18)29-37-8-11-48-29)20-13-24-25(23-6-9-42(39-23)30(34)35)26(21-5-2-17(33)12-22(21)32)38-27(41(24)16-20)28-36-7-10-47-28/h2,5-12,18-20,26,30,44H,3-4,13-16H2,1H3/t18?,19?,20-,26-,31?/m0/s1. The molecule has 4 atom stereocenters. The summed E-state index contributed by atoms with van der Waals surface area (Å²) < 4.78 is 74.1. The van der Waals surface area contributed by atoms with Crippen molar-refractivity contribution < 1.29 is 26.7 Å². The van der Waals surface area contributed by atoms with E-state index in [1.54, 1.807) is 34.5 Å². The van der Waals surface area contributed by atoms with Gasteiger partial charge in [0.15, 0.2) is 10.8 Å². The molecule has 2 unspecified atom stereocenters. The molecule has 49 heavy (non-hydrogen) atoms. The smallest absolute Gasteiger partial charge is 0.333 e. The quantitative estimate of drug-likeness (QED) is 0.247. The summed E-state index contributed by atoms with van der Waals surface area (Å²) >= 11 is 9.29. The van der Waals surface area contributed by atoms with Crippen molar-refractivity contribution in [3.05, 3.63) is 91.4 Å². The topological polar surface area (TPSA) is 120 Å². The van der Waals surface area contributed by atoms with Gasteiger partial charge in [-0.05, 0) is 43.9 Å². The van der Waals surface area contributed by atoms with Crippen molar-refractivity contribution in [2.24, 2.45) is 4.99 Å². The van der Waals surface area contributed by atoms with Crippen LogP contribution in [-0.2, 0) is 15.8 Å². The number of amidine groups is 1. The van der Waals surface area contributed by atoms with E-state index >= 15 is 0 Å². The summed E-state index contributed by atoms with van der Waals surface area (Å²) in [5, 5.41) is 20.6. The fourth-order valence-corrected chi connectivity index (χ4v) is 11.3. The first-order valence-corrected chi connectivity index (χ1v) is 19.1. The van der Waals surface area contributed by atoms with Crippen LogP contribution in [0.1, 0.15) is 66.0 Å². The van der Waals surface area contributed by atoms with Gasteiger partial charge in [-0.15, -0.1) is 22.7 Å². The van der Waals surface area contributed by atoms with Gasteiger partial charge in [-0.25, -0.2) is 19.0 Å². The molecular weight excluding hydrogens is 721 g/mol. The van der Waals surface area contributed by atoms with Crippen LogP contribution in [0, 0.1) is 5.82 Å². The first-order chi connectivity index (χ1) is 23.4. The molecule has 4 aromatic rings. The zero-order chi connectivity index (χ0) is 34.2. The van der Waals surface area contributed by atoms with Crippen molar-refractivity contribution in [3.8, 4) is 0 Å². The van der Waals surface area contributed by atoms with Gasteiger partial charge in [-0.3, -0.25) is 4.99 Å². The zero-order valence-corrected chi connectivity index (χ0v) is 29.1. The summed E-state index contributed by atoms with van der Waals surface area (Å²) in [4.78, 5) is 15.7. The van der Waals surface area contributed by atoms with E-state index in [2.05, 4.69) is 15.1 Å². The molecule has 3 saturated heterocycles. The Hall–Kier alpha value is -3.19. The third kappa shape index (κ3) is 5.53. The Bertz CT molecular complexity index is 2040. The summed E-state index contributed by atoms with van der Waals surface area (Å²) in [6.07, 6.45) is 6.42. The summed E-state index contributed by atoms with van der Waals surface area (Å²) in [6.45, 7) is -2.68. The molecule has 0 amide bonds.